The predicted octanol–water partition coefficient (Wildman–Crippen LogP) is 3.79. The van der Waals surface area contributed by atoms with Crippen LogP contribution < -0.4 is 15.2 Å². The molecule has 0 aromatic heterocycles. The van der Waals surface area contributed by atoms with E-state index in [0.717, 1.165) is 0 Å². The molecule has 3 N–H and O–H groups in total. The van der Waals surface area contributed by atoms with E-state index in [-0.39, 0.29) is 37.1 Å². The van der Waals surface area contributed by atoms with Crippen molar-refractivity contribution in [2.75, 3.05) is 6.61 Å². The summed E-state index contributed by atoms with van der Waals surface area (Å²) < 4.78 is 20.8. The molecule has 1 aromatic carbocycles. The second kappa shape index (κ2) is 14.2. The van der Waals surface area contributed by atoms with E-state index in [1.807, 2.05) is 13.8 Å². The molecule has 0 aliphatic heterocycles. The highest BCUT2D eigenvalue weighted by atomic mass is 16.7. The van der Waals surface area contributed by atoms with Crippen LogP contribution in [0.5, 0.6) is 11.5 Å². The predicted molar refractivity (Wildman–Crippen MR) is 123 cm³/mol. The highest BCUT2D eigenvalue weighted by molar-refractivity contribution is 5.77. The van der Waals surface area contributed by atoms with Gasteiger partial charge in [0.2, 0.25) is 0 Å². The summed E-state index contributed by atoms with van der Waals surface area (Å²) in [5.74, 6) is -3.63. The molecule has 1 aromatic rings. The normalized spacial score (nSPS) is 13.5. The second-order valence-corrected chi connectivity index (χ2v) is 8.25. The Balaban J connectivity index is 3.30. The van der Waals surface area contributed by atoms with Crippen LogP contribution in [-0.2, 0) is 23.9 Å². The first-order chi connectivity index (χ1) is 16.0. The van der Waals surface area contributed by atoms with Crippen molar-refractivity contribution in [3.63, 3.8) is 0 Å². The highest BCUT2D eigenvalue weighted by Gasteiger charge is 2.33. The third kappa shape index (κ3) is 9.38. The van der Waals surface area contributed by atoms with Crippen molar-refractivity contribution in [1.82, 2.24) is 0 Å². The number of aliphatic carboxylic acids is 1. The molecule has 0 spiro atoms. The molecule has 0 saturated carbocycles. The first kappa shape index (κ1) is 28.9. The summed E-state index contributed by atoms with van der Waals surface area (Å²) in [7, 11) is 0. The van der Waals surface area contributed by atoms with Crippen LogP contribution in [-0.4, -0.2) is 47.9 Å². The summed E-state index contributed by atoms with van der Waals surface area (Å²) in [6, 6.07) is 3.05. The molecule has 10 heteroatoms. The van der Waals surface area contributed by atoms with Crippen molar-refractivity contribution in [2.45, 2.75) is 78.4 Å². The van der Waals surface area contributed by atoms with Crippen LogP contribution in [0.4, 0.5) is 4.79 Å². The van der Waals surface area contributed by atoms with Crippen molar-refractivity contribution >= 4 is 24.1 Å². The number of hydrogen-bond donors (Lipinski definition) is 2. The van der Waals surface area contributed by atoms with Crippen LogP contribution >= 0.6 is 0 Å². The number of benzene rings is 1. The van der Waals surface area contributed by atoms with Crippen LogP contribution in [0.1, 0.15) is 71.8 Å². The maximum atomic E-state index is 12.1. The minimum absolute atomic E-state index is 0.0182. The van der Waals surface area contributed by atoms with Gasteiger partial charge in [0.05, 0.1) is 12.7 Å². The van der Waals surface area contributed by atoms with Gasteiger partial charge in [0, 0.05) is 18.8 Å². The van der Waals surface area contributed by atoms with Gasteiger partial charge in [-0.2, -0.15) is 0 Å². The number of hydrogen-bond acceptors (Lipinski definition) is 9. The molecule has 190 valence electrons. The largest absolute Gasteiger partial charge is 0.508 e. The van der Waals surface area contributed by atoms with Gasteiger partial charge < -0.3 is 29.8 Å². The van der Waals surface area contributed by atoms with E-state index in [1.165, 1.54) is 12.1 Å². The van der Waals surface area contributed by atoms with Gasteiger partial charge in [0.25, 0.3) is 0 Å². The summed E-state index contributed by atoms with van der Waals surface area (Å²) in [4.78, 5) is 47.6. The first-order valence-corrected chi connectivity index (χ1v) is 11.4. The molecule has 0 heterocycles. The standard InChI is InChI=1S/C24H35NO9/c1-6-8-19(26)33-17-11-10-16(12-18(17)34-20(27)9-7-2)21(22(25)23(28)29)15(5)13-31-24(30)32-14(3)4/h10-12,14-15,21-22H,6-9,13,25H2,1-5H3,(H,28,29)/t15?,21?,22-/m0/s1. The zero-order valence-corrected chi connectivity index (χ0v) is 20.4. The average Bonchev–Trinajstić information content (AvgIpc) is 2.73. The smallest absolute Gasteiger partial charge is 0.480 e. The van der Waals surface area contributed by atoms with E-state index >= 15 is 0 Å². The Bertz CT molecular complexity index is 853. The van der Waals surface area contributed by atoms with Gasteiger partial charge in [-0.25, -0.2) is 4.79 Å². The number of ether oxygens (including phenoxy) is 4. The summed E-state index contributed by atoms with van der Waals surface area (Å²) in [6.45, 7) is 8.50. The van der Waals surface area contributed by atoms with Crippen LogP contribution in [0, 0.1) is 5.92 Å². The topological polar surface area (TPSA) is 151 Å². The van der Waals surface area contributed by atoms with Crippen LogP contribution in [0.15, 0.2) is 18.2 Å². The van der Waals surface area contributed by atoms with Crippen molar-refractivity contribution in [1.29, 1.82) is 0 Å². The van der Waals surface area contributed by atoms with E-state index in [1.54, 1.807) is 26.8 Å². The zero-order chi connectivity index (χ0) is 25.8. The quantitative estimate of drug-likeness (QED) is 0.314. The SMILES string of the molecule is CCCC(=O)Oc1ccc(C(C(C)COC(=O)OC(C)C)[C@H](N)C(=O)O)cc1OC(=O)CCC. The maximum absolute atomic E-state index is 12.1. The molecule has 34 heavy (non-hydrogen) atoms. The first-order valence-electron chi connectivity index (χ1n) is 11.4. The van der Waals surface area contributed by atoms with Crippen LogP contribution in [0.2, 0.25) is 0 Å². The maximum Gasteiger partial charge on any atom is 0.508 e. The highest BCUT2D eigenvalue weighted by Crippen LogP contribution is 2.36. The number of nitrogens with two attached hydrogens (primary N) is 1. The van der Waals surface area contributed by atoms with Gasteiger partial charge in [-0.15, -0.1) is 0 Å². The van der Waals surface area contributed by atoms with Crippen molar-refractivity contribution in [3.05, 3.63) is 23.8 Å². The monoisotopic (exact) mass is 481 g/mol. The van der Waals surface area contributed by atoms with E-state index in [2.05, 4.69) is 0 Å². The molecule has 0 aliphatic rings. The zero-order valence-electron chi connectivity index (χ0n) is 20.4. The minimum atomic E-state index is -1.35. The second-order valence-electron chi connectivity index (χ2n) is 8.25. The third-order valence-corrected chi connectivity index (χ3v) is 4.79. The lowest BCUT2D eigenvalue weighted by Gasteiger charge is -2.28. The number of carboxylic acids is 1. The van der Waals surface area contributed by atoms with E-state index < -0.39 is 41.9 Å². The average molecular weight is 482 g/mol. The molecule has 1 rings (SSSR count). The van der Waals surface area contributed by atoms with Crippen LogP contribution in [0.25, 0.3) is 0 Å². The number of carboxylic acid groups (broad SMARTS) is 1. The Hall–Kier alpha value is -3.14. The Morgan fingerprint density at radius 3 is 2.00 bits per heavy atom. The Kier molecular flexibility index (Phi) is 12.1. The molecular formula is C24H35NO9. The van der Waals surface area contributed by atoms with Crippen molar-refractivity contribution < 1.29 is 43.2 Å². The molecule has 0 saturated heterocycles. The van der Waals surface area contributed by atoms with E-state index in [4.69, 9.17) is 24.7 Å². The summed E-state index contributed by atoms with van der Waals surface area (Å²) >= 11 is 0. The summed E-state index contributed by atoms with van der Waals surface area (Å²) in [6.07, 6.45) is 0.204. The van der Waals surface area contributed by atoms with Gasteiger partial charge in [-0.05, 0) is 50.3 Å². The fraction of sp³-hybridized carbons (Fsp3) is 0.583. The molecule has 0 bridgehead atoms. The molecular weight excluding hydrogens is 446 g/mol. The molecule has 0 fully saturated rings. The fourth-order valence-electron chi connectivity index (χ4n) is 3.22. The lowest BCUT2D eigenvalue weighted by molar-refractivity contribution is -0.139. The van der Waals surface area contributed by atoms with Crippen LogP contribution in [0.3, 0.4) is 0 Å². The number of carbonyl (C=O) groups is 4. The lowest BCUT2D eigenvalue weighted by Crippen LogP contribution is -2.40. The summed E-state index contributed by atoms with van der Waals surface area (Å²) in [5.41, 5.74) is 6.39. The minimum Gasteiger partial charge on any atom is -0.480 e. The van der Waals surface area contributed by atoms with Gasteiger partial charge >= 0.3 is 24.1 Å². The van der Waals surface area contributed by atoms with E-state index in [0.29, 0.717) is 18.4 Å². The number of rotatable bonds is 13. The molecule has 10 nitrogen and oxygen atoms in total. The Morgan fingerprint density at radius 2 is 1.50 bits per heavy atom. The van der Waals surface area contributed by atoms with Gasteiger partial charge in [0.15, 0.2) is 11.5 Å². The van der Waals surface area contributed by atoms with Gasteiger partial charge in [-0.1, -0.05) is 26.8 Å². The Morgan fingerprint density at radius 1 is 0.941 bits per heavy atom. The molecule has 3 atom stereocenters. The molecule has 0 radical (unpaired) electrons. The Labute approximate surface area is 199 Å². The molecule has 0 amide bonds. The summed E-state index contributed by atoms with van der Waals surface area (Å²) in [5, 5.41) is 9.56. The van der Waals surface area contributed by atoms with E-state index in [9.17, 15) is 24.3 Å². The number of esters is 2. The molecule has 2 unspecified atom stereocenters. The van der Waals surface area contributed by atoms with Crippen molar-refractivity contribution in [2.24, 2.45) is 11.7 Å². The van der Waals surface area contributed by atoms with Crippen molar-refractivity contribution in [3.8, 4) is 11.5 Å². The fourth-order valence-corrected chi connectivity index (χ4v) is 3.22. The molecule has 0 aliphatic carbocycles. The van der Waals surface area contributed by atoms with Gasteiger partial charge in [0.1, 0.15) is 6.04 Å². The van der Waals surface area contributed by atoms with Gasteiger partial charge in [-0.3, -0.25) is 14.4 Å². The third-order valence-electron chi connectivity index (χ3n) is 4.79. The lowest BCUT2D eigenvalue weighted by atomic mass is 9.82. The number of carbonyl (C=O) groups excluding carboxylic acids is 3.